The van der Waals surface area contributed by atoms with Gasteiger partial charge in [-0.05, 0) is 28.9 Å². The average Bonchev–Trinajstić information content (AvgIpc) is 2.13. The molecule has 10 heavy (non-hydrogen) atoms. The first kappa shape index (κ1) is 8.24. The first-order valence-electron chi connectivity index (χ1n) is 2.57. The number of rotatable bonds is 1. The molecule has 4 heteroatoms. The van der Waals surface area contributed by atoms with Gasteiger partial charge in [0.05, 0.1) is 4.88 Å². The highest BCUT2D eigenvalue weighted by Gasteiger charge is 2.06. The topological polar surface area (TPSA) is 17.1 Å². The molecule has 0 aliphatic heterocycles. The van der Waals surface area contributed by atoms with Crippen molar-refractivity contribution in [3.05, 3.63) is 19.8 Å². The van der Waals surface area contributed by atoms with Crippen molar-refractivity contribution in [1.82, 2.24) is 0 Å². The SMILES string of the molecule is CC(=O)c1cc(Br)c(Cl)s1. The molecular formula is C6H4BrClOS. The lowest BCUT2D eigenvalue weighted by molar-refractivity contribution is 0.102. The Labute approximate surface area is 76.1 Å². The lowest BCUT2D eigenvalue weighted by atomic mass is 10.4. The fourth-order valence-electron chi connectivity index (χ4n) is 0.520. The van der Waals surface area contributed by atoms with Gasteiger partial charge in [0.1, 0.15) is 4.34 Å². The molecule has 1 nitrogen and oxygen atoms in total. The molecule has 1 heterocycles. The largest absolute Gasteiger partial charge is 0.294 e. The third-order valence-electron chi connectivity index (χ3n) is 0.992. The van der Waals surface area contributed by atoms with Gasteiger partial charge in [-0.25, -0.2) is 0 Å². The van der Waals surface area contributed by atoms with E-state index in [4.69, 9.17) is 11.6 Å². The number of thiophene rings is 1. The zero-order valence-corrected chi connectivity index (χ0v) is 8.31. The number of Topliss-reactive ketones (excluding diaryl/α,β-unsaturated/α-hetero) is 1. The van der Waals surface area contributed by atoms with Crippen molar-refractivity contribution in [2.45, 2.75) is 6.92 Å². The minimum atomic E-state index is 0.0533. The third kappa shape index (κ3) is 1.59. The molecule has 0 amide bonds. The highest BCUT2D eigenvalue weighted by atomic mass is 79.9. The fourth-order valence-corrected chi connectivity index (χ4v) is 2.12. The molecule has 54 valence electrons. The monoisotopic (exact) mass is 238 g/mol. The van der Waals surface area contributed by atoms with Crippen LogP contribution in [-0.2, 0) is 0 Å². The van der Waals surface area contributed by atoms with Gasteiger partial charge in [0.2, 0.25) is 0 Å². The highest BCUT2D eigenvalue weighted by molar-refractivity contribution is 9.10. The van der Waals surface area contributed by atoms with Gasteiger partial charge in [-0.1, -0.05) is 11.6 Å². The molecule has 0 aliphatic carbocycles. The molecule has 0 N–H and O–H groups in total. The van der Waals surface area contributed by atoms with Gasteiger partial charge in [0.25, 0.3) is 0 Å². The van der Waals surface area contributed by atoms with E-state index in [1.807, 2.05) is 0 Å². The van der Waals surface area contributed by atoms with Crippen LogP contribution in [0.2, 0.25) is 4.34 Å². The molecule has 0 spiro atoms. The molecule has 0 aliphatic rings. The Kier molecular flexibility index (Phi) is 2.50. The second-order valence-electron chi connectivity index (χ2n) is 1.79. The molecule has 0 saturated carbocycles. The van der Waals surface area contributed by atoms with Crippen molar-refractivity contribution in [1.29, 1.82) is 0 Å². The Morgan fingerprint density at radius 3 is 2.60 bits per heavy atom. The van der Waals surface area contributed by atoms with Gasteiger partial charge in [-0.3, -0.25) is 4.79 Å². The van der Waals surface area contributed by atoms with Crippen LogP contribution < -0.4 is 0 Å². The maximum Gasteiger partial charge on any atom is 0.169 e. The molecule has 0 saturated heterocycles. The summed E-state index contributed by atoms with van der Waals surface area (Å²) in [4.78, 5) is 11.4. The summed E-state index contributed by atoms with van der Waals surface area (Å²) >= 11 is 10.2. The molecule has 1 aromatic rings. The van der Waals surface area contributed by atoms with Gasteiger partial charge in [0.15, 0.2) is 5.78 Å². The summed E-state index contributed by atoms with van der Waals surface area (Å²) in [6.07, 6.45) is 0. The van der Waals surface area contributed by atoms with Gasteiger partial charge >= 0.3 is 0 Å². The van der Waals surface area contributed by atoms with E-state index in [2.05, 4.69) is 15.9 Å². The predicted octanol–water partition coefficient (Wildman–Crippen LogP) is 3.37. The van der Waals surface area contributed by atoms with E-state index in [1.54, 1.807) is 6.07 Å². The van der Waals surface area contributed by atoms with Gasteiger partial charge < -0.3 is 0 Å². The van der Waals surface area contributed by atoms with Gasteiger partial charge in [-0.2, -0.15) is 0 Å². The Hall–Kier alpha value is 0.140. The lowest BCUT2D eigenvalue weighted by Gasteiger charge is -1.80. The molecule has 0 aromatic carbocycles. The molecule has 0 unspecified atom stereocenters. The van der Waals surface area contributed by atoms with E-state index in [9.17, 15) is 4.79 Å². The number of carbonyl (C=O) groups excluding carboxylic acids is 1. The van der Waals surface area contributed by atoms with Crippen molar-refractivity contribution in [2.75, 3.05) is 0 Å². The quantitative estimate of drug-likeness (QED) is 0.687. The number of hydrogen-bond donors (Lipinski definition) is 0. The van der Waals surface area contributed by atoms with E-state index in [0.717, 1.165) is 4.47 Å². The standard InChI is InChI=1S/C6H4BrClOS/c1-3(9)5-2-4(7)6(8)10-5/h2H,1H3. The third-order valence-corrected chi connectivity index (χ3v) is 3.57. The van der Waals surface area contributed by atoms with Crippen molar-refractivity contribution < 1.29 is 4.79 Å². The Bertz CT molecular complexity index is 249. The van der Waals surface area contributed by atoms with Crippen LogP contribution in [0.1, 0.15) is 16.6 Å². The van der Waals surface area contributed by atoms with Crippen molar-refractivity contribution >= 4 is 44.7 Å². The molecule has 1 rings (SSSR count). The molecule has 0 fully saturated rings. The summed E-state index contributed by atoms with van der Waals surface area (Å²) in [6.45, 7) is 1.52. The predicted molar refractivity (Wildman–Crippen MR) is 47.0 cm³/mol. The van der Waals surface area contributed by atoms with Crippen LogP contribution in [0.3, 0.4) is 0 Å². The second kappa shape index (κ2) is 3.03. The molecule has 1 aromatic heterocycles. The van der Waals surface area contributed by atoms with Crippen molar-refractivity contribution in [3.8, 4) is 0 Å². The number of ketones is 1. The number of halogens is 2. The maximum absolute atomic E-state index is 10.7. The summed E-state index contributed by atoms with van der Waals surface area (Å²) in [5.41, 5.74) is 0. The van der Waals surface area contributed by atoms with E-state index in [1.165, 1.54) is 18.3 Å². The summed E-state index contributed by atoms with van der Waals surface area (Å²) in [6, 6.07) is 1.73. The van der Waals surface area contributed by atoms with Crippen LogP contribution in [0.4, 0.5) is 0 Å². The van der Waals surface area contributed by atoms with Crippen LogP contribution in [0, 0.1) is 0 Å². The minimum absolute atomic E-state index is 0.0533. The van der Waals surface area contributed by atoms with Crippen molar-refractivity contribution in [2.24, 2.45) is 0 Å². The maximum atomic E-state index is 10.7. The zero-order chi connectivity index (χ0) is 7.72. The molecular weight excluding hydrogens is 235 g/mol. The molecule has 0 atom stereocenters. The van der Waals surface area contributed by atoms with E-state index < -0.39 is 0 Å². The Balaban J connectivity index is 3.10. The van der Waals surface area contributed by atoms with E-state index in [0.29, 0.717) is 9.21 Å². The first-order chi connectivity index (χ1) is 4.61. The van der Waals surface area contributed by atoms with E-state index in [-0.39, 0.29) is 5.78 Å². The van der Waals surface area contributed by atoms with Crippen LogP contribution in [0.15, 0.2) is 10.5 Å². The normalized spacial score (nSPS) is 9.90. The smallest absolute Gasteiger partial charge is 0.169 e. The molecule has 0 bridgehead atoms. The Morgan fingerprint density at radius 2 is 2.40 bits per heavy atom. The van der Waals surface area contributed by atoms with E-state index >= 15 is 0 Å². The minimum Gasteiger partial charge on any atom is -0.294 e. The number of hydrogen-bond acceptors (Lipinski definition) is 2. The van der Waals surface area contributed by atoms with Gasteiger partial charge in [0, 0.05) is 4.47 Å². The van der Waals surface area contributed by atoms with Crippen molar-refractivity contribution in [3.63, 3.8) is 0 Å². The molecule has 0 radical (unpaired) electrons. The second-order valence-corrected chi connectivity index (χ2v) is 4.30. The van der Waals surface area contributed by atoms with Crippen LogP contribution in [-0.4, -0.2) is 5.78 Å². The zero-order valence-electron chi connectivity index (χ0n) is 5.15. The van der Waals surface area contributed by atoms with Crippen LogP contribution in [0.5, 0.6) is 0 Å². The number of carbonyl (C=O) groups is 1. The lowest BCUT2D eigenvalue weighted by Crippen LogP contribution is -1.83. The Morgan fingerprint density at radius 1 is 1.80 bits per heavy atom. The van der Waals surface area contributed by atoms with Crippen LogP contribution >= 0.6 is 38.9 Å². The highest BCUT2D eigenvalue weighted by Crippen LogP contribution is 2.31. The average molecular weight is 240 g/mol. The van der Waals surface area contributed by atoms with Crippen LogP contribution in [0.25, 0.3) is 0 Å². The van der Waals surface area contributed by atoms with Gasteiger partial charge in [-0.15, -0.1) is 11.3 Å². The first-order valence-corrected chi connectivity index (χ1v) is 4.56. The summed E-state index contributed by atoms with van der Waals surface area (Å²) in [5, 5.41) is 0. The summed E-state index contributed by atoms with van der Waals surface area (Å²) < 4.78 is 1.43. The summed E-state index contributed by atoms with van der Waals surface area (Å²) in [5.74, 6) is 0.0533. The summed E-state index contributed by atoms with van der Waals surface area (Å²) in [7, 11) is 0. The fraction of sp³-hybridized carbons (Fsp3) is 0.167.